The Morgan fingerprint density at radius 1 is 1.33 bits per heavy atom. The first-order valence-corrected chi connectivity index (χ1v) is 7.31. The Labute approximate surface area is 122 Å². The molecule has 0 bridgehead atoms. The fourth-order valence-corrected chi connectivity index (χ4v) is 2.49. The van der Waals surface area contributed by atoms with Crippen molar-refractivity contribution in [1.29, 1.82) is 0 Å². The first-order chi connectivity index (χ1) is 9.91. The minimum absolute atomic E-state index is 0.130. The van der Waals surface area contributed by atoms with Crippen molar-refractivity contribution >= 4 is 11.8 Å². The number of halogens is 3. The van der Waals surface area contributed by atoms with Crippen molar-refractivity contribution in [1.82, 2.24) is 9.97 Å². The summed E-state index contributed by atoms with van der Waals surface area (Å²) < 4.78 is 38.1. The van der Waals surface area contributed by atoms with Crippen LogP contribution < -0.4 is 10.2 Å². The summed E-state index contributed by atoms with van der Waals surface area (Å²) in [6.45, 7) is 5.47. The number of anilines is 2. The molecule has 1 aliphatic heterocycles. The van der Waals surface area contributed by atoms with Gasteiger partial charge in [-0.1, -0.05) is 6.92 Å². The van der Waals surface area contributed by atoms with Crippen LogP contribution in [0.15, 0.2) is 6.20 Å². The third-order valence-corrected chi connectivity index (χ3v) is 3.74. The normalized spacial score (nSPS) is 17.1. The molecule has 1 fully saturated rings. The molecule has 0 amide bonds. The van der Waals surface area contributed by atoms with Gasteiger partial charge in [-0.15, -0.1) is 0 Å². The van der Waals surface area contributed by atoms with Crippen LogP contribution in [0.2, 0.25) is 0 Å². The number of rotatable bonds is 4. The van der Waals surface area contributed by atoms with E-state index in [1.807, 2.05) is 18.7 Å². The zero-order chi connectivity index (χ0) is 15.5. The number of hydrogen-bond donors (Lipinski definition) is 1. The number of nitrogens with one attached hydrogen (secondary N) is 1. The minimum atomic E-state index is -4.08. The number of alkyl halides is 3. The number of piperidine rings is 1. The molecule has 0 aromatic carbocycles. The van der Waals surface area contributed by atoms with Crippen molar-refractivity contribution in [3.8, 4) is 0 Å². The SMILES string of the molecule is CCCNc1ncc(C)c(N2CCC(C(F)(F)F)CC2)n1. The van der Waals surface area contributed by atoms with Crippen LogP contribution in [0.5, 0.6) is 0 Å². The van der Waals surface area contributed by atoms with Crippen LogP contribution in [-0.4, -0.2) is 35.8 Å². The van der Waals surface area contributed by atoms with E-state index >= 15 is 0 Å². The van der Waals surface area contributed by atoms with Gasteiger partial charge in [-0.3, -0.25) is 0 Å². The van der Waals surface area contributed by atoms with Gasteiger partial charge >= 0.3 is 6.18 Å². The van der Waals surface area contributed by atoms with Crippen molar-refractivity contribution in [2.75, 3.05) is 29.9 Å². The maximum Gasteiger partial charge on any atom is 0.391 e. The fraction of sp³-hybridized carbons (Fsp3) is 0.714. The van der Waals surface area contributed by atoms with Crippen LogP contribution in [-0.2, 0) is 0 Å². The molecule has 1 aromatic rings. The lowest BCUT2D eigenvalue weighted by molar-refractivity contribution is -0.179. The average molecular weight is 302 g/mol. The van der Waals surface area contributed by atoms with E-state index in [0.29, 0.717) is 19.0 Å². The van der Waals surface area contributed by atoms with Gasteiger partial charge in [0.15, 0.2) is 0 Å². The molecule has 4 nitrogen and oxygen atoms in total. The van der Waals surface area contributed by atoms with Crippen molar-refractivity contribution in [2.45, 2.75) is 39.3 Å². The second kappa shape index (κ2) is 6.49. The summed E-state index contributed by atoms with van der Waals surface area (Å²) in [6.07, 6.45) is -1.14. The van der Waals surface area contributed by atoms with Gasteiger partial charge < -0.3 is 10.2 Å². The summed E-state index contributed by atoms with van der Waals surface area (Å²) in [5.41, 5.74) is 0.891. The third-order valence-electron chi connectivity index (χ3n) is 3.74. The largest absolute Gasteiger partial charge is 0.391 e. The smallest absolute Gasteiger partial charge is 0.356 e. The molecule has 1 aliphatic rings. The molecular formula is C14H21F3N4. The van der Waals surface area contributed by atoms with E-state index in [0.717, 1.165) is 24.3 Å². The Kier molecular flexibility index (Phi) is 4.90. The lowest BCUT2D eigenvalue weighted by Gasteiger charge is -2.34. The van der Waals surface area contributed by atoms with E-state index in [-0.39, 0.29) is 12.8 Å². The second-order valence-electron chi connectivity index (χ2n) is 5.43. The van der Waals surface area contributed by atoms with Crippen LogP contribution in [0.25, 0.3) is 0 Å². The topological polar surface area (TPSA) is 41.1 Å². The quantitative estimate of drug-likeness (QED) is 0.925. The van der Waals surface area contributed by atoms with Gasteiger partial charge in [0.2, 0.25) is 5.95 Å². The minimum Gasteiger partial charge on any atom is -0.356 e. The molecule has 118 valence electrons. The maximum absolute atomic E-state index is 12.7. The van der Waals surface area contributed by atoms with Crippen molar-refractivity contribution in [3.63, 3.8) is 0 Å². The molecule has 0 unspecified atom stereocenters. The molecule has 0 radical (unpaired) electrons. The number of nitrogens with zero attached hydrogens (tertiary/aromatic N) is 3. The van der Waals surface area contributed by atoms with E-state index in [1.165, 1.54) is 0 Å². The van der Waals surface area contributed by atoms with Crippen molar-refractivity contribution in [3.05, 3.63) is 11.8 Å². The van der Waals surface area contributed by atoms with Gasteiger partial charge in [0, 0.05) is 31.4 Å². The molecule has 1 saturated heterocycles. The first kappa shape index (κ1) is 15.9. The highest BCUT2D eigenvalue weighted by Gasteiger charge is 2.41. The van der Waals surface area contributed by atoms with Gasteiger partial charge in [0.05, 0.1) is 5.92 Å². The number of hydrogen-bond acceptors (Lipinski definition) is 4. The van der Waals surface area contributed by atoms with Crippen molar-refractivity contribution < 1.29 is 13.2 Å². The summed E-state index contributed by atoms with van der Waals surface area (Å²) in [5.74, 6) is 0.0909. The standard InChI is InChI=1S/C14H21F3N4/c1-3-6-18-13-19-9-10(2)12(20-13)21-7-4-11(5-8-21)14(15,16)17/h9,11H,3-8H2,1-2H3,(H,18,19,20). The molecule has 21 heavy (non-hydrogen) atoms. The van der Waals surface area contributed by atoms with Gasteiger partial charge in [0.1, 0.15) is 5.82 Å². The van der Waals surface area contributed by atoms with Gasteiger partial charge in [-0.05, 0) is 26.2 Å². The van der Waals surface area contributed by atoms with E-state index in [4.69, 9.17) is 0 Å². The molecule has 1 N–H and O–H groups in total. The van der Waals surface area contributed by atoms with Crippen LogP contribution in [0.4, 0.5) is 24.9 Å². The molecule has 2 heterocycles. The maximum atomic E-state index is 12.7. The van der Waals surface area contributed by atoms with E-state index in [2.05, 4.69) is 15.3 Å². The Hall–Kier alpha value is -1.53. The highest BCUT2D eigenvalue weighted by atomic mass is 19.4. The molecule has 1 aromatic heterocycles. The Morgan fingerprint density at radius 2 is 2.00 bits per heavy atom. The van der Waals surface area contributed by atoms with Crippen LogP contribution in [0, 0.1) is 12.8 Å². The second-order valence-corrected chi connectivity index (χ2v) is 5.43. The summed E-state index contributed by atoms with van der Waals surface area (Å²) in [6, 6.07) is 0. The Bertz CT molecular complexity index is 468. The predicted octanol–water partition coefficient (Wildman–Crippen LogP) is 3.39. The predicted molar refractivity (Wildman–Crippen MR) is 76.5 cm³/mol. The zero-order valence-corrected chi connectivity index (χ0v) is 12.4. The lowest BCUT2D eigenvalue weighted by atomic mass is 9.96. The summed E-state index contributed by atoms with van der Waals surface area (Å²) in [7, 11) is 0. The molecular weight excluding hydrogens is 281 g/mol. The molecule has 0 spiro atoms. The van der Waals surface area contributed by atoms with Crippen LogP contribution in [0.1, 0.15) is 31.7 Å². The highest BCUT2D eigenvalue weighted by molar-refractivity contribution is 5.49. The molecule has 0 saturated carbocycles. The van der Waals surface area contributed by atoms with Gasteiger partial charge in [-0.25, -0.2) is 4.98 Å². The Balaban J connectivity index is 2.05. The summed E-state index contributed by atoms with van der Waals surface area (Å²) in [5, 5.41) is 3.11. The van der Waals surface area contributed by atoms with Crippen LogP contribution in [0.3, 0.4) is 0 Å². The third kappa shape index (κ3) is 3.98. The number of aromatic nitrogens is 2. The van der Waals surface area contributed by atoms with E-state index < -0.39 is 12.1 Å². The monoisotopic (exact) mass is 302 g/mol. The Morgan fingerprint density at radius 3 is 2.57 bits per heavy atom. The summed E-state index contributed by atoms with van der Waals surface area (Å²) in [4.78, 5) is 10.6. The molecule has 7 heteroatoms. The van der Waals surface area contributed by atoms with Crippen LogP contribution >= 0.6 is 0 Å². The average Bonchev–Trinajstić information content (AvgIpc) is 2.46. The van der Waals surface area contributed by atoms with Crippen molar-refractivity contribution in [2.24, 2.45) is 5.92 Å². The molecule has 2 rings (SSSR count). The molecule has 0 aliphatic carbocycles. The first-order valence-electron chi connectivity index (χ1n) is 7.31. The van der Waals surface area contributed by atoms with E-state index in [9.17, 15) is 13.2 Å². The highest BCUT2D eigenvalue weighted by Crippen LogP contribution is 2.35. The van der Waals surface area contributed by atoms with Gasteiger partial charge in [-0.2, -0.15) is 18.2 Å². The fourth-order valence-electron chi connectivity index (χ4n) is 2.49. The van der Waals surface area contributed by atoms with E-state index in [1.54, 1.807) is 6.20 Å². The van der Waals surface area contributed by atoms with Gasteiger partial charge in [0.25, 0.3) is 0 Å². The summed E-state index contributed by atoms with van der Waals surface area (Å²) >= 11 is 0. The molecule has 0 atom stereocenters. The zero-order valence-electron chi connectivity index (χ0n) is 12.4. The number of aryl methyl sites for hydroxylation is 1. The lowest BCUT2D eigenvalue weighted by Crippen LogP contribution is -2.39.